The van der Waals surface area contributed by atoms with Crippen molar-refractivity contribution in [1.29, 1.82) is 0 Å². The number of aliphatic carboxylic acids is 1. The highest BCUT2D eigenvalue weighted by molar-refractivity contribution is 5.87. The predicted molar refractivity (Wildman–Crippen MR) is 49.9 cm³/mol. The number of carboxylic acids is 1. The summed E-state index contributed by atoms with van der Waals surface area (Å²) in [5.41, 5.74) is 0. The van der Waals surface area contributed by atoms with Gasteiger partial charge in [0.2, 0.25) is 6.54 Å². The Morgan fingerprint density at radius 3 is 2.73 bits per heavy atom. The fourth-order valence-corrected chi connectivity index (χ4v) is 2.19. The van der Waals surface area contributed by atoms with Gasteiger partial charge >= 0.3 is 5.97 Å². The van der Waals surface area contributed by atoms with Gasteiger partial charge in [0.1, 0.15) is 5.78 Å². The van der Waals surface area contributed by atoms with Crippen molar-refractivity contribution in [2.45, 2.75) is 19.8 Å². The van der Waals surface area contributed by atoms with Crippen molar-refractivity contribution in [2.24, 2.45) is 17.8 Å². The second-order valence-electron chi connectivity index (χ2n) is 4.03. The molecule has 0 aromatic heterocycles. The average Bonchev–Trinajstić information content (AvgIpc) is 2.30. The number of carbonyl (C=O) groups is 2. The molecule has 6 nitrogen and oxygen atoms in total. The molecule has 1 aliphatic carbocycles. The zero-order valence-electron chi connectivity index (χ0n) is 8.38. The Bertz CT molecular complexity index is 301. The minimum absolute atomic E-state index is 0.0905. The monoisotopic (exact) mass is 215 g/mol. The third kappa shape index (κ3) is 2.74. The second kappa shape index (κ2) is 4.37. The molecule has 1 N–H and O–H groups in total. The number of nitro groups is 1. The van der Waals surface area contributed by atoms with E-state index < -0.39 is 22.7 Å². The van der Waals surface area contributed by atoms with Crippen molar-refractivity contribution in [2.75, 3.05) is 6.54 Å². The summed E-state index contributed by atoms with van der Waals surface area (Å²) in [4.78, 5) is 31.9. The normalized spacial score (nSPS) is 30.5. The van der Waals surface area contributed by atoms with E-state index in [9.17, 15) is 19.7 Å². The fraction of sp³-hybridized carbons (Fsp3) is 0.778. The maximum absolute atomic E-state index is 11.4. The topological polar surface area (TPSA) is 97.5 Å². The van der Waals surface area contributed by atoms with Crippen LogP contribution in [0.3, 0.4) is 0 Å². The van der Waals surface area contributed by atoms with Crippen molar-refractivity contribution >= 4 is 11.8 Å². The largest absolute Gasteiger partial charge is 0.481 e. The number of carbonyl (C=O) groups excluding carboxylic acids is 1. The van der Waals surface area contributed by atoms with Crippen LogP contribution in [0.2, 0.25) is 0 Å². The first-order chi connectivity index (χ1) is 6.91. The molecule has 1 fully saturated rings. The second-order valence-corrected chi connectivity index (χ2v) is 4.03. The number of ketones is 1. The molecule has 0 aromatic carbocycles. The van der Waals surface area contributed by atoms with Gasteiger partial charge < -0.3 is 5.11 Å². The first-order valence-electron chi connectivity index (χ1n) is 4.78. The van der Waals surface area contributed by atoms with Crippen molar-refractivity contribution in [3.05, 3.63) is 10.1 Å². The van der Waals surface area contributed by atoms with Crippen molar-refractivity contribution < 1.29 is 19.6 Å². The summed E-state index contributed by atoms with van der Waals surface area (Å²) < 4.78 is 0. The average molecular weight is 215 g/mol. The van der Waals surface area contributed by atoms with Crippen LogP contribution in [0.15, 0.2) is 0 Å². The summed E-state index contributed by atoms with van der Waals surface area (Å²) >= 11 is 0. The fourth-order valence-electron chi connectivity index (χ4n) is 2.19. The molecule has 0 heterocycles. The molecule has 1 aliphatic rings. The van der Waals surface area contributed by atoms with Crippen LogP contribution in [0.5, 0.6) is 0 Å². The molecule has 1 saturated carbocycles. The third-order valence-electron chi connectivity index (χ3n) is 2.94. The van der Waals surface area contributed by atoms with Gasteiger partial charge in [-0.3, -0.25) is 19.7 Å². The number of hydrogen-bond donors (Lipinski definition) is 1. The molecule has 84 valence electrons. The number of Topliss-reactive ketones (excluding diaryl/α,β-unsaturated/α-hetero) is 1. The molecule has 1 rings (SSSR count). The lowest BCUT2D eigenvalue weighted by Gasteiger charge is -2.15. The van der Waals surface area contributed by atoms with E-state index in [4.69, 9.17) is 5.11 Å². The minimum atomic E-state index is -1.07. The first-order valence-corrected chi connectivity index (χ1v) is 4.78. The van der Waals surface area contributed by atoms with Gasteiger partial charge in [0.25, 0.3) is 0 Å². The molecule has 0 saturated heterocycles. The SMILES string of the molecule is C[C@H]1CC(=O)C(CC(=O)O)[C@@H]1C[N+](=O)[O-]. The zero-order valence-corrected chi connectivity index (χ0v) is 8.38. The van der Waals surface area contributed by atoms with Crippen molar-refractivity contribution in [1.82, 2.24) is 0 Å². The van der Waals surface area contributed by atoms with Crippen LogP contribution in [-0.4, -0.2) is 28.3 Å². The zero-order chi connectivity index (χ0) is 11.6. The van der Waals surface area contributed by atoms with E-state index in [0.29, 0.717) is 0 Å². The lowest BCUT2D eigenvalue weighted by molar-refractivity contribution is -0.490. The van der Waals surface area contributed by atoms with Crippen LogP contribution in [0.4, 0.5) is 0 Å². The molecule has 3 atom stereocenters. The van der Waals surface area contributed by atoms with E-state index >= 15 is 0 Å². The van der Waals surface area contributed by atoms with Gasteiger partial charge in [-0.2, -0.15) is 0 Å². The smallest absolute Gasteiger partial charge is 0.304 e. The van der Waals surface area contributed by atoms with Crippen LogP contribution in [-0.2, 0) is 9.59 Å². The van der Waals surface area contributed by atoms with E-state index in [1.165, 1.54) is 0 Å². The van der Waals surface area contributed by atoms with Gasteiger partial charge in [-0.15, -0.1) is 0 Å². The van der Waals surface area contributed by atoms with E-state index in [1.807, 2.05) is 0 Å². The summed E-state index contributed by atoms with van der Waals surface area (Å²) in [6, 6.07) is 0. The van der Waals surface area contributed by atoms with E-state index in [0.717, 1.165) is 0 Å². The molecule has 0 radical (unpaired) electrons. The Morgan fingerprint density at radius 1 is 1.67 bits per heavy atom. The Kier molecular flexibility index (Phi) is 3.39. The predicted octanol–water partition coefficient (Wildman–Crippen LogP) is 0.579. The molecule has 0 bridgehead atoms. The summed E-state index contributed by atoms with van der Waals surface area (Å²) in [7, 11) is 0. The summed E-state index contributed by atoms with van der Waals surface area (Å²) in [6.45, 7) is 1.44. The molecule has 0 aromatic rings. The van der Waals surface area contributed by atoms with Crippen LogP contribution in [0.1, 0.15) is 19.8 Å². The van der Waals surface area contributed by atoms with Gasteiger partial charge in [0.05, 0.1) is 6.42 Å². The van der Waals surface area contributed by atoms with E-state index in [2.05, 4.69) is 0 Å². The molecular weight excluding hydrogens is 202 g/mol. The van der Waals surface area contributed by atoms with E-state index in [-0.39, 0.29) is 31.1 Å². The Balaban J connectivity index is 2.75. The Labute approximate surface area is 86.4 Å². The minimum Gasteiger partial charge on any atom is -0.481 e. The van der Waals surface area contributed by atoms with Crippen LogP contribution in [0, 0.1) is 27.9 Å². The van der Waals surface area contributed by atoms with Crippen LogP contribution >= 0.6 is 0 Å². The van der Waals surface area contributed by atoms with Gasteiger partial charge in [-0.1, -0.05) is 6.92 Å². The van der Waals surface area contributed by atoms with Gasteiger partial charge in [0, 0.05) is 23.2 Å². The lowest BCUT2D eigenvalue weighted by Crippen LogP contribution is -2.26. The number of carboxylic acid groups (broad SMARTS) is 1. The Morgan fingerprint density at radius 2 is 2.27 bits per heavy atom. The molecule has 0 amide bonds. The highest BCUT2D eigenvalue weighted by Gasteiger charge is 2.43. The van der Waals surface area contributed by atoms with Gasteiger partial charge in [0.15, 0.2) is 0 Å². The Hall–Kier alpha value is -1.46. The van der Waals surface area contributed by atoms with Gasteiger partial charge in [-0.25, -0.2) is 0 Å². The molecule has 1 unspecified atom stereocenters. The number of nitrogens with zero attached hydrogens (tertiary/aromatic N) is 1. The molecule has 0 aliphatic heterocycles. The molecule has 0 spiro atoms. The summed E-state index contributed by atoms with van der Waals surface area (Å²) in [5, 5.41) is 19.0. The molecule has 15 heavy (non-hydrogen) atoms. The maximum Gasteiger partial charge on any atom is 0.304 e. The maximum atomic E-state index is 11.4. The lowest BCUT2D eigenvalue weighted by atomic mass is 9.88. The standard InChI is InChI=1S/C9H13NO5/c1-5-2-8(11)6(3-9(12)13)7(5)4-10(14)15/h5-7H,2-4H2,1H3,(H,12,13)/t5-,6?,7+/m0/s1. The summed E-state index contributed by atoms with van der Waals surface area (Å²) in [5.74, 6) is -2.42. The number of rotatable bonds is 4. The first kappa shape index (κ1) is 11.6. The van der Waals surface area contributed by atoms with Crippen molar-refractivity contribution in [3.63, 3.8) is 0 Å². The third-order valence-corrected chi connectivity index (χ3v) is 2.94. The summed E-state index contributed by atoms with van der Waals surface area (Å²) in [6.07, 6.45) is -0.0296. The highest BCUT2D eigenvalue weighted by atomic mass is 16.6. The molecular formula is C9H13NO5. The van der Waals surface area contributed by atoms with Crippen LogP contribution < -0.4 is 0 Å². The van der Waals surface area contributed by atoms with E-state index in [1.54, 1.807) is 6.92 Å². The van der Waals surface area contributed by atoms with Crippen molar-refractivity contribution in [3.8, 4) is 0 Å². The molecule has 6 heteroatoms. The quantitative estimate of drug-likeness (QED) is 0.546. The number of hydrogen-bond acceptors (Lipinski definition) is 4. The van der Waals surface area contributed by atoms with Crippen LogP contribution in [0.25, 0.3) is 0 Å². The van der Waals surface area contributed by atoms with Gasteiger partial charge in [-0.05, 0) is 5.92 Å². The highest BCUT2D eigenvalue weighted by Crippen LogP contribution is 2.36.